The standard InChI is InChI=1S/C19H29N2O3/c1-19(2,3)11-12-21-18(24)16(17(20)23)13-15(22)10-9-14-7-5-4-6-8-14/h4-8,10,15-16,22H,9,11-13H2,1-3H3,(H2,20,23)(H,21,24)/t15-,16+/m0/s1. The van der Waals surface area contributed by atoms with E-state index in [1.54, 1.807) is 6.42 Å². The first kappa shape index (κ1) is 20.2. The zero-order valence-corrected chi connectivity index (χ0v) is 14.8. The van der Waals surface area contributed by atoms with E-state index >= 15 is 0 Å². The molecule has 0 aliphatic heterocycles. The highest BCUT2D eigenvalue weighted by molar-refractivity contribution is 5.99. The number of carbonyl (C=O) groups excluding carboxylic acids is 2. The summed E-state index contributed by atoms with van der Waals surface area (Å²) >= 11 is 0. The highest BCUT2D eigenvalue weighted by Gasteiger charge is 2.27. The number of benzene rings is 1. The van der Waals surface area contributed by atoms with E-state index in [-0.39, 0.29) is 11.8 Å². The average Bonchev–Trinajstić information content (AvgIpc) is 2.50. The van der Waals surface area contributed by atoms with E-state index in [1.165, 1.54) is 0 Å². The lowest BCUT2D eigenvalue weighted by molar-refractivity contribution is -0.134. The molecule has 0 unspecified atom stereocenters. The average molecular weight is 333 g/mol. The number of hydrogen-bond acceptors (Lipinski definition) is 3. The maximum absolute atomic E-state index is 12.1. The van der Waals surface area contributed by atoms with Crippen molar-refractivity contribution in [1.82, 2.24) is 5.32 Å². The largest absolute Gasteiger partial charge is 0.393 e. The molecule has 0 saturated heterocycles. The van der Waals surface area contributed by atoms with E-state index in [0.717, 1.165) is 12.0 Å². The second kappa shape index (κ2) is 9.42. The van der Waals surface area contributed by atoms with Crippen LogP contribution in [0.3, 0.4) is 0 Å². The van der Waals surface area contributed by atoms with Crippen LogP contribution in [0.5, 0.6) is 0 Å². The van der Waals surface area contributed by atoms with Crippen LogP contribution in [0.1, 0.15) is 39.2 Å². The number of nitrogens with two attached hydrogens (primary N) is 1. The summed E-state index contributed by atoms with van der Waals surface area (Å²) < 4.78 is 0. The Morgan fingerprint density at radius 3 is 2.42 bits per heavy atom. The number of aliphatic hydroxyl groups is 1. The van der Waals surface area contributed by atoms with Gasteiger partial charge in [-0.2, -0.15) is 0 Å². The van der Waals surface area contributed by atoms with Crippen LogP contribution in [0.2, 0.25) is 0 Å². The molecule has 1 aromatic carbocycles. The van der Waals surface area contributed by atoms with Crippen molar-refractivity contribution in [2.75, 3.05) is 6.54 Å². The Labute approximate surface area is 144 Å². The summed E-state index contributed by atoms with van der Waals surface area (Å²) in [5.74, 6) is -2.15. The fraction of sp³-hybridized carbons (Fsp3) is 0.526. The van der Waals surface area contributed by atoms with Gasteiger partial charge in [-0.25, -0.2) is 0 Å². The summed E-state index contributed by atoms with van der Waals surface area (Å²) in [6.07, 6.45) is 2.19. The lowest BCUT2D eigenvalue weighted by Crippen LogP contribution is -2.41. The Hall–Kier alpha value is -1.88. The number of aliphatic hydroxyl groups excluding tert-OH is 1. The molecular weight excluding hydrogens is 304 g/mol. The highest BCUT2D eigenvalue weighted by atomic mass is 16.3. The highest BCUT2D eigenvalue weighted by Crippen LogP contribution is 2.17. The van der Waals surface area contributed by atoms with Crippen LogP contribution in [0.25, 0.3) is 0 Å². The minimum absolute atomic E-state index is 0.00349. The number of rotatable bonds is 9. The second-order valence-electron chi connectivity index (χ2n) is 7.29. The van der Waals surface area contributed by atoms with Crippen molar-refractivity contribution in [3.8, 4) is 0 Å². The summed E-state index contributed by atoms with van der Waals surface area (Å²) in [5.41, 5.74) is 6.48. The van der Waals surface area contributed by atoms with E-state index < -0.39 is 23.8 Å². The Morgan fingerprint density at radius 2 is 1.88 bits per heavy atom. The van der Waals surface area contributed by atoms with Gasteiger partial charge >= 0.3 is 0 Å². The van der Waals surface area contributed by atoms with Crippen molar-refractivity contribution in [3.05, 3.63) is 42.3 Å². The number of hydrogen-bond donors (Lipinski definition) is 3. The molecule has 0 aliphatic carbocycles. The zero-order chi connectivity index (χ0) is 18.2. The topological polar surface area (TPSA) is 92.4 Å². The van der Waals surface area contributed by atoms with Crippen LogP contribution in [-0.2, 0) is 16.0 Å². The lowest BCUT2D eigenvalue weighted by atomic mass is 9.92. The van der Waals surface area contributed by atoms with Crippen molar-refractivity contribution in [1.29, 1.82) is 0 Å². The molecule has 24 heavy (non-hydrogen) atoms. The normalized spacial score (nSPS) is 14.0. The van der Waals surface area contributed by atoms with Crippen molar-refractivity contribution < 1.29 is 14.7 Å². The molecule has 0 fully saturated rings. The molecule has 0 bridgehead atoms. The molecular formula is C19H29N2O3. The van der Waals surface area contributed by atoms with Gasteiger partial charge in [0.2, 0.25) is 11.8 Å². The number of carbonyl (C=O) groups is 2. The van der Waals surface area contributed by atoms with Crippen LogP contribution >= 0.6 is 0 Å². The quantitative estimate of drug-likeness (QED) is 0.602. The molecule has 0 saturated carbocycles. The van der Waals surface area contributed by atoms with Gasteiger partial charge in [-0.3, -0.25) is 9.59 Å². The third kappa shape index (κ3) is 8.11. The Morgan fingerprint density at radius 1 is 1.25 bits per heavy atom. The summed E-state index contributed by atoms with van der Waals surface area (Å²) in [6, 6.07) is 9.67. The Kier molecular flexibility index (Phi) is 7.92. The summed E-state index contributed by atoms with van der Waals surface area (Å²) in [6.45, 7) is 6.71. The van der Waals surface area contributed by atoms with Gasteiger partial charge in [0.15, 0.2) is 0 Å². The molecule has 0 heterocycles. The van der Waals surface area contributed by atoms with Gasteiger partial charge in [-0.1, -0.05) is 51.1 Å². The minimum Gasteiger partial charge on any atom is -0.393 e. The molecule has 5 nitrogen and oxygen atoms in total. The first-order valence-electron chi connectivity index (χ1n) is 8.31. The maximum atomic E-state index is 12.1. The van der Waals surface area contributed by atoms with Crippen LogP contribution in [0.15, 0.2) is 30.3 Å². The molecule has 1 rings (SSSR count). The van der Waals surface area contributed by atoms with Gasteiger partial charge in [0, 0.05) is 6.54 Å². The van der Waals surface area contributed by atoms with Crippen molar-refractivity contribution in [2.24, 2.45) is 17.1 Å². The van der Waals surface area contributed by atoms with E-state index in [2.05, 4.69) is 26.1 Å². The van der Waals surface area contributed by atoms with E-state index in [9.17, 15) is 14.7 Å². The van der Waals surface area contributed by atoms with Gasteiger partial charge in [-0.05, 0) is 36.7 Å². The number of amides is 2. The monoisotopic (exact) mass is 333 g/mol. The first-order chi connectivity index (χ1) is 11.2. The summed E-state index contributed by atoms with van der Waals surface area (Å²) in [7, 11) is 0. The first-order valence-corrected chi connectivity index (χ1v) is 8.31. The third-order valence-corrected chi connectivity index (χ3v) is 3.78. The minimum atomic E-state index is -1.02. The molecule has 2 atom stereocenters. The van der Waals surface area contributed by atoms with Crippen LogP contribution in [0, 0.1) is 17.8 Å². The smallest absolute Gasteiger partial charge is 0.232 e. The molecule has 1 radical (unpaired) electrons. The van der Waals surface area contributed by atoms with Crippen LogP contribution in [-0.4, -0.2) is 29.6 Å². The number of nitrogens with one attached hydrogen (secondary N) is 1. The second-order valence-corrected chi connectivity index (χ2v) is 7.29. The molecule has 2 amide bonds. The SMILES string of the molecule is CC(C)(C)CCNC(=O)[C@H](C[C@@H](O)[CH]Cc1ccccc1)C(N)=O. The van der Waals surface area contributed by atoms with E-state index in [4.69, 9.17) is 5.73 Å². The van der Waals surface area contributed by atoms with Gasteiger partial charge in [-0.15, -0.1) is 0 Å². The molecule has 0 aromatic heterocycles. The lowest BCUT2D eigenvalue weighted by Gasteiger charge is -2.20. The Balaban J connectivity index is 2.46. The molecule has 4 N–H and O–H groups in total. The fourth-order valence-electron chi connectivity index (χ4n) is 2.26. The number of primary amides is 1. The maximum Gasteiger partial charge on any atom is 0.232 e. The third-order valence-electron chi connectivity index (χ3n) is 3.78. The van der Waals surface area contributed by atoms with Gasteiger partial charge in [0.1, 0.15) is 5.92 Å². The van der Waals surface area contributed by atoms with Crippen molar-refractivity contribution in [2.45, 2.75) is 46.1 Å². The van der Waals surface area contributed by atoms with Crippen molar-refractivity contribution >= 4 is 11.8 Å². The van der Waals surface area contributed by atoms with Gasteiger partial charge in [0.05, 0.1) is 6.10 Å². The van der Waals surface area contributed by atoms with E-state index in [1.807, 2.05) is 30.3 Å². The summed E-state index contributed by atoms with van der Waals surface area (Å²) in [4.78, 5) is 23.7. The predicted octanol–water partition coefficient (Wildman–Crippen LogP) is 1.84. The predicted molar refractivity (Wildman–Crippen MR) is 94.8 cm³/mol. The van der Waals surface area contributed by atoms with E-state index in [0.29, 0.717) is 13.0 Å². The van der Waals surface area contributed by atoms with Gasteiger partial charge < -0.3 is 16.2 Å². The van der Waals surface area contributed by atoms with Crippen molar-refractivity contribution in [3.63, 3.8) is 0 Å². The van der Waals surface area contributed by atoms with Crippen LogP contribution < -0.4 is 11.1 Å². The molecule has 0 aliphatic rings. The fourth-order valence-corrected chi connectivity index (χ4v) is 2.26. The molecule has 133 valence electrons. The summed E-state index contributed by atoms with van der Waals surface area (Å²) in [5, 5.41) is 12.8. The Bertz CT molecular complexity index is 523. The molecule has 0 spiro atoms. The van der Waals surface area contributed by atoms with Gasteiger partial charge in [0.25, 0.3) is 0 Å². The molecule has 5 heteroatoms. The van der Waals surface area contributed by atoms with Crippen LogP contribution in [0.4, 0.5) is 0 Å². The zero-order valence-electron chi connectivity index (χ0n) is 14.8. The molecule has 1 aromatic rings.